The van der Waals surface area contributed by atoms with Gasteiger partial charge in [0.1, 0.15) is 11.9 Å². The van der Waals surface area contributed by atoms with Crippen molar-refractivity contribution in [1.82, 2.24) is 31.3 Å². The van der Waals surface area contributed by atoms with Gasteiger partial charge >= 0.3 is 0 Å². The average Bonchev–Trinajstić information content (AvgIpc) is 3.42. The number of nitriles is 1. The predicted octanol–water partition coefficient (Wildman–Crippen LogP) is 4.63. The Morgan fingerprint density at radius 3 is 2.54 bits per heavy atom. The maximum atomic E-state index is 14.1. The molecule has 5 rings (SSSR count). The third kappa shape index (κ3) is 4.77. The maximum Gasteiger partial charge on any atom is 0.248 e. The summed E-state index contributed by atoms with van der Waals surface area (Å²) in [6, 6.07) is 6.96. The fourth-order valence-corrected chi connectivity index (χ4v) is 4.06. The molecule has 1 aliphatic heterocycles. The number of aryl methyl sites for hydroxylation is 1. The molecule has 1 aliphatic rings. The van der Waals surface area contributed by atoms with E-state index >= 15 is 0 Å². The van der Waals surface area contributed by atoms with Crippen LogP contribution in [-0.4, -0.2) is 15.0 Å². The molecule has 37 heavy (non-hydrogen) atoms. The van der Waals surface area contributed by atoms with Gasteiger partial charge in [0.25, 0.3) is 0 Å². The Bertz CT molecular complexity index is 1600. The Kier molecular flexibility index (Phi) is 6.39. The van der Waals surface area contributed by atoms with E-state index in [1.807, 2.05) is 0 Å². The molecule has 0 saturated carbocycles. The first kappa shape index (κ1) is 24.1. The summed E-state index contributed by atoms with van der Waals surface area (Å²) in [7, 11) is 0. The summed E-state index contributed by atoms with van der Waals surface area (Å²) in [4.78, 5) is 11.8. The molecule has 0 aliphatic carbocycles. The fourth-order valence-electron chi connectivity index (χ4n) is 3.80. The van der Waals surface area contributed by atoms with Crippen molar-refractivity contribution >= 4 is 39.6 Å². The molecular weight excluding hydrogens is 507 g/mol. The largest absolute Gasteiger partial charge is 0.373 e. The minimum absolute atomic E-state index is 0.191. The lowest BCUT2D eigenvalue weighted by molar-refractivity contribution is 0.476. The number of pyridine rings is 3. The third-order valence-electron chi connectivity index (χ3n) is 5.62. The molecule has 1 aromatic carbocycles. The van der Waals surface area contributed by atoms with Gasteiger partial charge in [-0.2, -0.15) is 15.2 Å². The highest BCUT2D eigenvalue weighted by Gasteiger charge is 2.23. The molecule has 0 spiro atoms. The normalized spacial score (nSPS) is 13.4. The minimum atomic E-state index is -1.21. The lowest BCUT2D eigenvalue weighted by atomic mass is 10.0. The van der Waals surface area contributed by atoms with Gasteiger partial charge in [-0.25, -0.2) is 13.8 Å². The van der Waals surface area contributed by atoms with E-state index in [0.29, 0.717) is 39.2 Å². The van der Waals surface area contributed by atoms with Crippen LogP contribution in [0.25, 0.3) is 10.9 Å². The van der Waals surface area contributed by atoms with Crippen molar-refractivity contribution in [2.24, 2.45) is 0 Å². The number of hydrogen-bond acceptors (Lipinski definition) is 9. The second-order valence-electron chi connectivity index (χ2n) is 8.04. The molecule has 4 heterocycles. The topological polar surface area (TPSA) is 123 Å². The van der Waals surface area contributed by atoms with Crippen LogP contribution < -0.4 is 27.0 Å². The quantitative estimate of drug-likeness (QED) is 0.230. The van der Waals surface area contributed by atoms with Crippen LogP contribution in [0, 0.1) is 35.8 Å². The highest BCUT2D eigenvalue weighted by molar-refractivity contribution is 6.36. The van der Waals surface area contributed by atoms with E-state index in [-0.39, 0.29) is 16.3 Å². The van der Waals surface area contributed by atoms with E-state index in [1.165, 1.54) is 31.6 Å². The summed E-state index contributed by atoms with van der Waals surface area (Å²) in [6.45, 7) is 1.54. The summed E-state index contributed by atoms with van der Waals surface area (Å²) in [5.74, 6) is -2.83. The van der Waals surface area contributed by atoms with Crippen LogP contribution in [-0.2, 0) is 0 Å². The van der Waals surface area contributed by atoms with Crippen LogP contribution in [0.3, 0.4) is 0 Å². The lowest BCUT2D eigenvalue weighted by Gasteiger charge is -2.22. The Hall–Kier alpha value is -4.60. The van der Waals surface area contributed by atoms with E-state index in [2.05, 4.69) is 48.0 Å². The number of hydrogen-bond donors (Lipinski definition) is 5. The first-order valence-electron chi connectivity index (χ1n) is 10.8. The van der Waals surface area contributed by atoms with E-state index in [9.17, 15) is 18.4 Å². The van der Waals surface area contributed by atoms with Crippen molar-refractivity contribution in [3.63, 3.8) is 0 Å². The molecule has 4 aromatic rings. The molecule has 13 heteroatoms. The van der Waals surface area contributed by atoms with Crippen molar-refractivity contribution in [3.05, 3.63) is 94.2 Å². The highest BCUT2D eigenvalue weighted by atomic mass is 35.5. The van der Waals surface area contributed by atoms with Gasteiger partial charge in [0.05, 0.1) is 51.1 Å². The number of hydrazine groups is 2. The average molecular weight is 524 g/mol. The van der Waals surface area contributed by atoms with Crippen molar-refractivity contribution < 1.29 is 13.2 Å². The van der Waals surface area contributed by atoms with Crippen LogP contribution >= 0.6 is 11.6 Å². The van der Waals surface area contributed by atoms with Crippen molar-refractivity contribution in [2.75, 3.05) is 10.6 Å². The monoisotopic (exact) mass is 523 g/mol. The van der Waals surface area contributed by atoms with Crippen molar-refractivity contribution in [1.29, 1.82) is 5.26 Å². The number of nitrogens with zero attached hydrogens (tertiary/aromatic N) is 4. The van der Waals surface area contributed by atoms with Gasteiger partial charge in [-0.15, -0.1) is 0 Å². The second kappa shape index (κ2) is 9.81. The van der Waals surface area contributed by atoms with Gasteiger partial charge in [-0.3, -0.25) is 9.97 Å². The smallest absolute Gasteiger partial charge is 0.248 e. The zero-order chi connectivity index (χ0) is 26.1. The van der Waals surface area contributed by atoms with E-state index in [4.69, 9.17) is 11.6 Å². The minimum Gasteiger partial charge on any atom is -0.373 e. The lowest BCUT2D eigenvalue weighted by Crippen LogP contribution is -2.34. The van der Waals surface area contributed by atoms with Gasteiger partial charge in [0.2, 0.25) is 5.95 Å². The van der Waals surface area contributed by atoms with Gasteiger partial charge in [-0.1, -0.05) is 11.6 Å². The molecule has 0 saturated heterocycles. The molecule has 1 atom stereocenters. The zero-order valence-electron chi connectivity index (χ0n) is 19.0. The number of fused-ring (bicyclic) bond motifs is 1. The Morgan fingerprint density at radius 2 is 1.84 bits per heavy atom. The first-order valence-corrected chi connectivity index (χ1v) is 11.2. The van der Waals surface area contributed by atoms with E-state index in [1.54, 1.807) is 18.3 Å². The van der Waals surface area contributed by atoms with Crippen molar-refractivity contribution in [3.8, 4) is 6.07 Å². The van der Waals surface area contributed by atoms with Crippen molar-refractivity contribution in [2.45, 2.75) is 13.0 Å². The Labute approximate surface area is 213 Å². The predicted molar refractivity (Wildman–Crippen MR) is 132 cm³/mol. The van der Waals surface area contributed by atoms with Crippen LogP contribution in [0.5, 0.6) is 0 Å². The number of aromatic nitrogens is 3. The summed E-state index contributed by atoms with van der Waals surface area (Å²) in [5, 5.41) is 16.7. The second-order valence-corrected chi connectivity index (χ2v) is 8.45. The molecule has 0 unspecified atom stereocenters. The number of anilines is 3. The molecule has 186 valence electrons. The SMILES string of the molecule is Cc1ncc(Nc2c(C#N)cnc3c(Cl)cc(N[C@H](C4=CNNN4)c4cnc(F)c(F)c4)cc23)cc1F. The molecule has 3 aromatic heterocycles. The highest BCUT2D eigenvalue weighted by Crippen LogP contribution is 2.36. The van der Waals surface area contributed by atoms with Crippen LogP contribution in [0.4, 0.5) is 30.2 Å². The number of halogens is 4. The Morgan fingerprint density at radius 1 is 1.00 bits per heavy atom. The summed E-state index contributed by atoms with van der Waals surface area (Å²) in [6.07, 6.45) is 5.62. The summed E-state index contributed by atoms with van der Waals surface area (Å²) < 4.78 is 41.6. The molecule has 0 radical (unpaired) electrons. The fraction of sp³-hybridized carbons (Fsp3) is 0.0833. The molecule has 9 nitrogen and oxygen atoms in total. The van der Waals surface area contributed by atoms with Crippen LogP contribution in [0.15, 0.2) is 54.8 Å². The summed E-state index contributed by atoms with van der Waals surface area (Å²) in [5.41, 5.74) is 11.2. The first-order chi connectivity index (χ1) is 17.8. The van der Waals surface area contributed by atoms with E-state index in [0.717, 1.165) is 6.07 Å². The maximum absolute atomic E-state index is 14.1. The van der Waals surface area contributed by atoms with Crippen LogP contribution in [0.2, 0.25) is 5.02 Å². The summed E-state index contributed by atoms with van der Waals surface area (Å²) >= 11 is 6.55. The third-order valence-corrected chi connectivity index (χ3v) is 5.91. The standard InChI is InChI=1S/C24H17ClF3N9/c1-11-18(26)5-15(9-30-11)35-21-13(6-29)8-31-23-16(21)3-14(4-17(23)25)34-22(20-10-33-37-36-20)12-2-19(27)24(28)32-7-12/h2-5,7-10,22,33-34,36-37H,1H3,(H,31,35)/t22-/m0/s1. The number of rotatable bonds is 6. The van der Waals surface area contributed by atoms with Gasteiger partial charge in [0.15, 0.2) is 5.82 Å². The van der Waals surface area contributed by atoms with Gasteiger partial charge in [0, 0.05) is 41.3 Å². The number of benzene rings is 1. The van der Waals surface area contributed by atoms with Gasteiger partial charge < -0.3 is 21.5 Å². The molecule has 0 fully saturated rings. The van der Waals surface area contributed by atoms with E-state index < -0.39 is 23.6 Å². The van der Waals surface area contributed by atoms with Gasteiger partial charge in [-0.05, 0) is 25.1 Å². The molecule has 0 amide bonds. The Balaban J connectivity index is 1.60. The molecular formula is C24H17ClF3N9. The number of nitrogens with one attached hydrogen (secondary N) is 5. The molecule has 5 N–H and O–H groups in total. The van der Waals surface area contributed by atoms with Crippen LogP contribution in [0.1, 0.15) is 22.9 Å². The molecule has 0 bridgehead atoms. The zero-order valence-corrected chi connectivity index (χ0v) is 19.8.